The van der Waals surface area contributed by atoms with Crippen LogP contribution in [0.1, 0.15) is 43.1 Å². The highest BCUT2D eigenvalue weighted by Gasteiger charge is 2.21. The summed E-state index contributed by atoms with van der Waals surface area (Å²) in [4.78, 5) is 18.4. The number of nitrogens with one attached hydrogen (secondary N) is 1. The maximum atomic E-state index is 11.3. The van der Waals surface area contributed by atoms with E-state index in [1.165, 1.54) is 0 Å². The van der Waals surface area contributed by atoms with Gasteiger partial charge in [-0.05, 0) is 32.6 Å². The van der Waals surface area contributed by atoms with E-state index >= 15 is 0 Å². The number of aryl methyl sites for hydroxylation is 1. The van der Waals surface area contributed by atoms with Crippen molar-refractivity contribution in [2.75, 3.05) is 0 Å². The number of H-pyrrole nitrogens is 1. The van der Waals surface area contributed by atoms with Gasteiger partial charge < -0.3 is 10.7 Å². The first-order valence-corrected chi connectivity index (χ1v) is 5.48. The van der Waals surface area contributed by atoms with E-state index in [2.05, 4.69) is 9.97 Å². The van der Waals surface area contributed by atoms with Gasteiger partial charge in [-0.25, -0.2) is 4.98 Å². The summed E-state index contributed by atoms with van der Waals surface area (Å²) >= 11 is 0. The van der Waals surface area contributed by atoms with E-state index in [4.69, 9.17) is 5.73 Å². The Morgan fingerprint density at radius 2 is 2.07 bits per heavy atom. The largest absolute Gasteiger partial charge is 0.328 e. The number of aromatic nitrogens is 2. The van der Waals surface area contributed by atoms with Crippen molar-refractivity contribution in [3.8, 4) is 0 Å². The van der Waals surface area contributed by atoms with Gasteiger partial charge in [0, 0.05) is 18.0 Å². The van der Waals surface area contributed by atoms with Crippen molar-refractivity contribution in [1.29, 1.82) is 0 Å². The molecule has 1 aromatic rings. The van der Waals surface area contributed by atoms with Gasteiger partial charge in [0.2, 0.25) is 0 Å². The molecule has 0 aromatic carbocycles. The zero-order valence-corrected chi connectivity index (χ0v) is 8.99. The Labute approximate surface area is 88.9 Å². The summed E-state index contributed by atoms with van der Waals surface area (Å²) in [6.07, 6.45) is 4.19. The molecule has 1 heterocycles. The van der Waals surface area contributed by atoms with Crippen molar-refractivity contribution in [2.45, 2.75) is 44.6 Å². The Morgan fingerprint density at radius 1 is 1.40 bits per heavy atom. The average Bonchev–Trinajstić information content (AvgIpc) is 2.17. The van der Waals surface area contributed by atoms with Crippen LogP contribution in [0.5, 0.6) is 0 Å². The third-order valence-electron chi connectivity index (χ3n) is 3.07. The van der Waals surface area contributed by atoms with Crippen molar-refractivity contribution in [3.63, 3.8) is 0 Å². The maximum absolute atomic E-state index is 11.3. The van der Waals surface area contributed by atoms with Crippen LogP contribution in [0.15, 0.2) is 10.9 Å². The molecule has 1 fully saturated rings. The second kappa shape index (κ2) is 4.14. The van der Waals surface area contributed by atoms with Crippen molar-refractivity contribution in [3.05, 3.63) is 27.9 Å². The third kappa shape index (κ3) is 2.45. The van der Waals surface area contributed by atoms with E-state index < -0.39 is 0 Å². The van der Waals surface area contributed by atoms with Crippen LogP contribution >= 0.6 is 0 Å². The summed E-state index contributed by atoms with van der Waals surface area (Å²) in [5, 5.41) is 0. The van der Waals surface area contributed by atoms with Crippen LogP contribution in [0.2, 0.25) is 0 Å². The molecule has 15 heavy (non-hydrogen) atoms. The lowest BCUT2D eigenvalue weighted by atomic mass is 9.84. The highest BCUT2D eigenvalue weighted by molar-refractivity contribution is 5.09. The number of rotatable bonds is 1. The van der Waals surface area contributed by atoms with Crippen LogP contribution < -0.4 is 11.3 Å². The van der Waals surface area contributed by atoms with Gasteiger partial charge in [-0.3, -0.25) is 4.79 Å². The standard InChI is InChI=1S/C11H17N3O/c1-7-13-10(6-11(15)14-7)8-2-4-9(12)5-3-8/h6,8-9H,2-5,12H2,1H3,(H,13,14,15). The van der Waals surface area contributed by atoms with Crippen molar-refractivity contribution >= 4 is 0 Å². The minimum atomic E-state index is -0.0487. The van der Waals surface area contributed by atoms with E-state index in [0.29, 0.717) is 17.8 Å². The van der Waals surface area contributed by atoms with E-state index in [-0.39, 0.29) is 5.56 Å². The number of hydrogen-bond donors (Lipinski definition) is 2. The highest BCUT2D eigenvalue weighted by atomic mass is 16.1. The van der Waals surface area contributed by atoms with Crippen molar-refractivity contribution in [1.82, 2.24) is 9.97 Å². The number of nitrogens with zero attached hydrogens (tertiary/aromatic N) is 1. The van der Waals surface area contributed by atoms with Crippen LogP contribution in [-0.4, -0.2) is 16.0 Å². The molecular formula is C11H17N3O. The number of nitrogens with two attached hydrogens (primary N) is 1. The minimum absolute atomic E-state index is 0.0487. The van der Waals surface area contributed by atoms with Crippen LogP contribution in [0.4, 0.5) is 0 Å². The molecule has 0 spiro atoms. The third-order valence-corrected chi connectivity index (χ3v) is 3.07. The molecular weight excluding hydrogens is 190 g/mol. The molecule has 0 unspecified atom stereocenters. The average molecular weight is 207 g/mol. The first kappa shape index (κ1) is 10.4. The first-order chi connectivity index (χ1) is 7.15. The molecule has 1 aromatic heterocycles. The predicted molar refractivity (Wildman–Crippen MR) is 58.8 cm³/mol. The summed E-state index contributed by atoms with van der Waals surface area (Å²) in [6, 6.07) is 1.96. The summed E-state index contributed by atoms with van der Waals surface area (Å²) in [7, 11) is 0. The SMILES string of the molecule is Cc1nc(C2CCC(N)CC2)cc(=O)[nH]1. The molecule has 0 atom stereocenters. The number of aromatic amines is 1. The highest BCUT2D eigenvalue weighted by Crippen LogP contribution is 2.30. The Kier molecular flexibility index (Phi) is 2.86. The lowest BCUT2D eigenvalue weighted by molar-refractivity contribution is 0.389. The maximum Gasteiger partial charge on any atom is 0.251 e. The topological polar surface area (TPSA) is 71.8 Å². The van der Waals surface area contributed by atoms with Crippen LogP contribution in [0.3, 0.4) is 0 Å². The van der Waals surface area contributed by atoms with E-state index in [1.807, 2.05) is 6.92 Å². The fourth-order valence-corrected chi connectivity index (χ4v) is 2.23. The monoisotopic (exact) mass is 207 g/mol. The first-order valence-electron chi connectivity index (χ1n) is 5.48. The van der Waals surface area contributed by atoms with Crippen LogP contribution in [-0.2, 0) is 0 Å². The Balaban J connectivity index is 2.19. The molecule has 0 bridgehead atoms. The minimum Gasteiger partial charge on any atom is -0.328 e. The Hall–Kier alpha value is -1.16. The lowest BCUT2D eigenvalue weighted by Gasteiger charge is -2.25. The van der Waals surface area contributed by atoms with Crippen LogP contribution in [0.25, 0.3) is 0 Å². The molecule has 3 N–H and O–H groups in total. The quantitative estimate of drug-likeness (QED) is 0.723. The van der Waals surface area contributed by atoms with Gasteiger partial charge in [0.25, 0.3) is 5.56 Å². The predicted octanol–water partition coefficient (Wildman–Crippen LogP) is 1.06. The van der Waals surface area contributed by atoms with Gasteiger partial charge in [-0.2, -0.15) is 0 Å². The summed E-state index contributed by atoms with van der Waals surface area (Å²) in [6.45, 7) is 1.82. The molecule has 1 aliphatic carbocycles. The normalized spacial score (nSPS) is 26.5. The number of hydrogen-bond acceptors (Lipinski definition) is 3. The molecule has 2 rings (SSSR count). The Bertz CT molecular complexity index is 391. The molecule has 1 aliphatic rings. The van der Waals surface area contributed by atoms with E-state index in [9.17, 15) is 4.79 Å². The van der Waals surface area contributed by atoms with Gasteiger partial charge in [0.1, 0.15) is 5.82 Å². The molecule has 0 amide bonds. The molecule has 0 radical (unpaired) electrons. The summed E-state index contributed by atoms with van der Waals surface area (Å²) in [5.74, 6) is 1.12. The van der Waals surface area contributed by atoms with Gasteiger partial charge >= 0.3 is 0 Å². The second-order valence-corrected chi connectivity index (χ2v) is 4.37. The van der Waals surface area contributed by atoms with Gasteiger partial charge in [0.15, 0.2) is 0 Å². The summed E-state index contributed by atoms with van der Waals surface area (Å²) < 4.78 is 0. The fourth-order valence-electron chi connectivity index (χ4n) is 2.23. The van der Waals surface area contributed by atoms with Gasteiger partial charge in [-0.1, -0.05) is 0 Å². The molecule has 0 aliphatic heterocycles. The molecule has 4 heteroatoms. The second-order valence-electron chi connectivity index (χ2n) is 4.37. The smallest absolute Gasteiger partial charge is 0.251 e. The van der Waals surface area contributed by atoms with Crippen LogP contribution in [0, 0.1) is 6.92 Å². The zero-order valence-electron chi connectivity index (χ0n) is 8.99. The van der Waals surface area contributed by atoms with Gasteiger partial charge in [-0.15, -0.1) is 0 Å². The van der Waals surface area contributed by atoms with E-state index in [1.54, 1.807) is 6.07 Å². The zero-order chi connectivity index (χ0) is 10.8. The van der Waals surface area contributed by atoms with Crippen molar-refractivity contribution in [2.24, 2.45) is 5.73 Å². The lowest BCUT2D eigenvalue weighted by Crippen LogP contribution is -2.26. The molecule has 0 saturated heterocycles. The molecule has 1 saturated carbocycles. The summed E-state index contributed by atoms with van der Waals surface area (Å²) in [5.41, 5.74) is 6.73. The fraction of sp³-hybridized carbons (Fsp3) is 0.636. The van der Waals surface area contributed by atoms with Gasteiger partial charge in [0.05, 0.1) is 5.69 Å². The molecule has 4 nitrogen and oxygen atoms in total. The molecule has 82 valence electrons. The van der Waals surface area contributed by atoms with E-state index in [0.717, 1.165) is 31.4 Å². The van der Waals surface area contributed by atoms with Crippen molar-refractivity contribution < 1.29 is 0 Å². The Morgan fingerprint density at radius 3 is 2.67 bits per heavy atom.